The van der Waals surface area contributed by atoms with Gasteiger partial charge >= 0.3 is 0 Å². The monoisotopic (exact) mass is 531 g/mol. The quantitative estimate of drug-likeness (QED) is 0.324. The summed E-state index contributed by atoms with van der Waals surface area (Å²) < 4.78 is 0. The molecule has 4 heteroatoms. The van der Waals surface area contributed by atoms with Crippen molar-refractivity contribution in [2.45, 2.75) is 115 Å². The second-order valence-corrected chi connectivity index (χ2v) is 13.3. The lowest BCUT2D eigenvalue weighted by molar-refractivity contribution is 0.0862. The number of hydrogen-bond acceptors (Lipinski definition) is 4. The summed E-state index contributed by atoms with van der Waals surface area (Å²) in [6, 6.07) is 4.32. The maximum atomic E-state index is 11.3. The van der Waals surface area contributed by atoms with Crippen molar-refractivity contribution in [2.24, 2.45) is 23.2 Å². The van der Waals surface area contributed by atoms with Crippen LogP contribution in [0.3, 0.4) is 0 Å². The van der Waals surface area contributed by atoms with Crippen LogP contribution in [0.5, 0.6) is 0 Å². The first-order chi connectivity index (χ1) is 18.7. The van der Waals surface area contributed by atoms with Gasteiger partial charge in [-0.3, -0.25) is 4.98 Å². The Morgan fingerprint density at radius 1 is 1.13 bits per heavy atom. The van der Waals surface area contributed by atoms with Crippen LogP contribution in [0.15, 0.2) is 65.9 Å². The first-order valence-electron chi connectivity index (χ1n) is 15.4. The fraction of sp³-hybridized carbons (Fsp3) is 0.629. The summed E-state index contributed by atoms with van der Waals surface area (Å²) in [5.41, 5.74) is 5.64. The molecule has 0 amide bonds. The molecule has 0 aromatic carbocycles. The molecule has 0 aliphatic heterocycles. The van der Waals surface area contributed by atoms with Crippen molar-refractivity contribution in [3.63, 3.8) is 0 Å². The third kappa shape index (κ3) is 5.62. The van der Waals surface area contributed by atoms with Gasteiger partial charge in [0.25, 0.3) is 0 Å². The number of aromatic nitrogens is 1. The molecule has 0 saturated heterocycles. The summed E-state index contributed by atoms with van der Waals surface area (Å²) in [5, 5.41) is 31.6. The summed E-state index contributed by atoms with van der Waals surface area (Å²) in [4.78, 5) is 4.76. The molecule has 1 aromatic heterocycles. The van der Waals surface area contributed by atoms with Crippen molar-refractivity contribution in [1.82, 2.24) is 4.98 Å². The minimum absolute atomic E-state index is 0.207. The molecule has 3 unspecified atom stereocenters. The van der Waals surface area contributed by atoms with E-state index in [2.05, 4.69) is 63.8 Å². The van der Waals surface area contributed by atoms with Crippen molar-refractivity contribution in [3.05, 3.63) is 77.2 Å². The summed E-state index contributed by atoms with van der Waals surface area (Å²) in [6.45, 7) is 11.1. The Morgan fingerprint density at radius 2 is 1.92 bits per heavy atom. The Morgan fingerprint density at radius 3 is 2.62 bits per heavy atom. The van der Waals surface area contributed by atoms with E-state index in [-0.39, 0.29) is 10.8 Å². The van der Waals surface area contributed by atoms with Crippen LogP contribution in [0.25, 0.3) is 0 Å². The van der Waals surface area contributed by atoms with Crippen LogP contribution in [0, 0.1) is 23.2 Å². The van der Waals surface area contributed by atoms with Gasteiger partial charge in [-0.2, -0.15) is 0 Å². The van der Waals surface area contributed by atoms with Crippen LogP contribution in [-0.2, 0) is 11.8 Å². The Labute approximate surface area is 235 Å². The number of fused-ring (bicyclic) bond motifs is 1. The lowest BCUT2D eigenvalue weighted by Crippen LogP contribution is -2.35. The van der Waals surface area contributed by atoms with E-state index < -0.39 is 18.3 Å². The highest BCUT2D eigenvalue weighted by Gasteiger charge is 2.52. The van der Waals surface area contributed by atoms with Crippen molar-refractivity contribution in [3.8, 4) is 0 Å². The summed E-state index contributed by atoms with van der Waals surface area (Å²) in [5.74, 6) is 1.57. The van der Waals surface area contributed by atoms with E-state index in [1.165, 1.54) is 36.8 Å². The third-order valence-corrected chi connectivity index (χ3v) is 10.8. The molecule has 0 spiro atoms. The number of aliphatic hydroxyl groups is 3. The third-order valence-electron chi connectivity index (χ3n) is 10.8. The lowest BCUT2D eigenvalue weighted by atomic mass is 9.61. The Hall–Kier alpha value is -2.01. The Bertz CT molecular complexity index is 1130. The molecule has 3 N–H and O–H groups in total. The highest BCUT2D eigenvalue weighted by atomic mass is 16.3. The molecule has 4 fully saturated rings. The van der Waals surface area contributed by atoms with E-state index in [4.69, 9.17) is 4.98 Å². The predicted molar refractivity (Wildman–Crippen MR) is 158 cm³/mol. The summed E-state index contributed by atoms with van der Waals surface area (Å²) in [6.07, 6.45) is 20.3. The number of hydrogen-bond donors (Lipinski definition) is 3. The average molecular weight is 532 g/mol. The zero-order chi connectivity index (χ0) is 27.8. The molecule has 5 rings (SSSR count). The van der Waals surface area contributed by atoms with Crippen LogP contribution in [-0.4, -0.2) is 38.6 Å². The molecule has 1 heterocycles. The minimum atomic E-state index is -0.639. The van der Waals surface area contributed by atoms with E-state index >= 15 is 0 Å². The minimum Gasteiger partial charge on any atom is -0.393 e. The van der Waals surface area contributed by atoms with E-state index in [9.17, 15) is 15.3 Å². The van der Waals surface area contributed by atoms with Gasteiger partial charge < -0.3 is 15.3 Å². The highest BCUT2D eigenvalue weighted by Crippen LogP contribution is 2.59. The van der Waals surface area contributed by atoms with Gasteiger partial charge in [0.1, 0.15) is 0 Å². The van der Waals surface area contributed by atoms with E-state index in [0.717, 1.165) is 48.9 Å². The van der Waals surface area contributed by atoms with Crippen LogP contribution in [0.1, 0.15) is 96.2 Å². The number of pyridine rings is 1. The lowest BCUT2D eigenvalue weighted by Gasteiger charge is -2.44. The molecule has 39 heavy (non-hydrogen) atoms. The van der Waals surface area contributed by atoms with Crippen molar-refractivity contribution in [2.75, 3.05) is 0 Å². The molecule has 4 aliphatic carbocycles. The van der Waals surface area contributed by atoms with E-state index in [1.807, 2.05) is 6.20 Å². The van der Waals surface area contributed by atoms with Crippen LogP contribution in [0.4, 0.5) is 0 Å². The normalized spacial score (nSPS) is 35.9. The molecule has 0 bridgehead atoms. The average Bonchev–Trinajstić information content (AvgIpc) is 3.65. The second-order valence-electron chi connectivity index (χ2n) is 13.3. The molecule has 1 aromatic rings. The van der Waals surface area contributed by atoms with Crippen molar-refractivity contribution < 1.29 is 15.3 Å². The number of nitrogens with zero attached hydrogens (tertiary/aromatic N) is 1. The predicted octanol–water partition coefficient (Wildman–Crippen LogP) is 6.76. The smallest absolute Gasteiger partial charge is 0.0832 e. The van der Waals surface area contributed by atoms with Gasteiger partial charge in [0, 0.05) is 23.7 Å². The molecule has 4 aliphatic rings. The zero-order valence-corrected chi connectivity index (χ0v) is 24.3. The number of allylic oxidation sites excluding steroid dienone is 4. The van der Waals surface area contributed by atoms with Gasteiger partial charge in [0.15, 0.2) is 0 Å². The fourth-order valence-electron chi connectivity index (χ4n) is 8.20. The molecule has 4 saturated carbocycles. The molecule has 4 nitrogen and oxygen atoms in total. The summed E-state index contributed by atoms with van der Waals surface area (Å²) in [7, 11) is 0. The molecular formula is C35H49NO3. The largest absolute Gasteiger partial charge is 0.393 e. The first kappa shape index (κ1) is 28.5. The maximum absolute atomic E-state index is 11.3. The van der Waals surface area contributed by atoms with Gasteiger partial charge in [0.05, 0.1) is 18.3 Å². The van der Waals surface area contributed by atoms with Gasteiger partial charge in [-0.05, 0) is 104 Å². The van der Waals surface area contributed by atoms with Crippen LogP contribution < -0.4 is 0 Å². The standard InChI is InChI=1S/C35H49NO3/c1-5-7-25-10-15-32(36-22-25)35(18-19-35)33(39)16-9-23(2)29-13-14-30-26(8-6-17-34(29,30)4)11-12-27-20-28(37)21-31(38)24(27)3/h9-12,15-16,22-23,28-31,33,37-39H,3,5-8,13-14,17-21H2,1-2,4H3/t23-,28?,29-,30+,31?,33?,34-/m1/s1. The molecule has 0 radical (unpaired) electrons. The van der Waals surface area contributed by atoms with E-state index in [1.54, 1.807) is 0 Å². The first-order valence-corrected chi connectivity index (χ1v) is 15.4. The fourth-order valence-corrected chi connectivity index (χ4v) is 8.20. The summed E-state index contributed by atoms with van der Waals surface area (Å²) >= 11 is 0. The van der Waals surface area contributed by atoms with Gasteiger partial charge in [-0.1, -0.05) is 69.7 Å². The number of rotatable bonds is 8. The number of aryl methyl sites for hydroxylation is 1. The molecular weight excluding hydrogens is 482 g/mol. The zero-order valence-electron chi connectivity index (χ0n) is 24.3. The molecule has 7 atom stereocenters. The van der Waals surface area contributed by atoms with Crippen molar-refractivity contribution >= 4 is 0 Å². The van der Waals surface area contributed by atoms with E-state index in [0.29, 0.717) is 30.6 Å². The van der Waals surface area contributed by atoms with Crippen LogP contribution >= 0.6 is 0 Å². The van der Waals surface area contributed by atoms with Gasteiger partial charge in [-0.25, -0.2) is 0 Å². The number of aliphatic hydroxyl groups excluding tert-OH is 3. The SMILES string of the molecule is C=C1C(=CC=C2CCC[C@]3(C)[C@@H]([C@H](C)C=CC(O)C4(c5ccc(CCC)cn5)CC4)CC[C@@H]23)CC(O)CC1O. The topological polar surface area (TPSA) is 73.6 Å². The Kier molecular flexibility index (Phi) is 8.38. The highest BCUT2D eigenvalue weighted by molar-refractivity contribution is 5.39. The maximum Gasteiger partial charge on any atom is 0.0832 e. The van der Waals surface area contributed by atoms with Crippen LogP contribution in [0.2, 0.25) is 0 Å². The second kappa shape index (κ2) is 11.5. The molecule has 212 valence electrons. The van der Waals surface area contributed by atoms with Gasteiger partial charge in [-0.15, -0.1) is 0 Å². The Balaban J connectivity index is 1.27. The van der Waals surface area contributed by atoms with Gasteiger partial charge in [0.2, 0.25) is 0 Å². The van der Waals surface area contributed by atoms with Crippen molar-refractivity contribution in [1.29, 1.82) is 0 Å².